The van der Waals surface area contributed by atoms with Gasteiger partial charge in [-0.3, -0.25) is 9.59 Å². The van der Waals surface area contributed by atoms with Crippen molar-refractivity contribution in [1.29, 1.82) is 0 Å². The van der Waals surface area contributed by atoms with E-state index < -0.39 is 0 Å². The highest BCUT2D eigenvalue weighted by atomic mass is 16.5. The first-order valence-corrected chi connectivity index (χ1v) is 10.9. The molecule has 4 aromatic rings. The summed E-state index contributed by atoms with van der Waals surface area (Å²) in [5.41, 5.74) is 3.84. The van der Waals surface area contributed by atoms with Gasteiger partial charge in [-0.15, -0.1) is 0 Å². The summed E-state index contributed by atoms with van der Waals surface area (Å²) in [4.78, 5) is 25.4. The van der Waals surface area contributed by atoms with Crippen molar-refractivity contribution >= 4 is 28.5 Å². The number of para-hydroxylation sites is 1. The van der Waals surface area contributed by atoms with Crippen LogP contribution in [0, 0.1) is 6.92 Å². The monoisotopic (exact) mass is 437 g/mol. The maximum Gasteiger partial charge on any atom is 0.231 e. The SMILES string of the molecule is CCn1cc(/C=C2\Oc3c(ccc(OCC(=O)c4ccccc4)c3C)C2=O)c2ccccc21. The number of ether oxygens (including phenoxy) is 2. The van der Waals surface area contributed by atoms with Crippen LogP contribution in [0.3, 0.4) is 0 Å². The van der Waals surface area contributed by atoms with Gasteiger partial charge in [-0.1, -0.05) is 48.5 Å². The van der Waals surface area contributed by atoms with Crippen LogP contribution in [-0.4, -0.2) is 22.7 Å². The number of carbonyl (C=O) groups is 2. The van der Waals surface area contributed by atoms with E-state index in [-0.39, 0.29) is 23.9 Å². The number of nitrogens with zero attached hydrogens (tertiary/aromatic N) is 1. The van der Waals surface area contributed by atoms with Gasteiger partial charge in [-0.2, -0.15) is 0 Å². The molecule has 0 fully saturated rings. The first kappa shape index (κ1) is 20.8. The number of rotatable bonds is 6. The van der Waals surface area contributed by atoms with Crippen molar-refractivity contribution < 1.29 is 19.1 Å². The molecule has 0 amide bonds. The van der Waals surface area contributed by atoms with Crippen LogP contribution in [0.2, 0.25) is 0 Å². The molecule has 1 aromatic heterocycles. The zero-order valence-electron chi connectivity index (χ0n) is 18.5. The number of aryl methyl sites for hydroxylation is 1. The molecule has 1 aliphatic rings. The van der Waals surface area contributed by atoms with E-state index in [4.69, 9.17) is 9.47 Å². The van der Waals surface area contributed by atoms with Crippen molar-refractivity contribution in [2.45, 2.75) is 20.4 Å². The minimum absolute atomic E-state index is 0.0865. The van der Waals surface area contributed by atoms with Crippen LogP contribution in [0.25, 0.3) is 17.0 Å². The Morgan fingerprint density at radius 3 is 2.58 bits per heavy atom. The number of aromatic nitrogens is 1. The van der Waals surface area contributed by atoms with Crippen LogP contribution < -0.4 is 9.47 Å². The third kappa shape index (κ3) is 3.72. The van der Waals surface area contributed by atoms with Gasteiger partial charge in [0.2, 0.25) is 5.78 Å². The molecule has 0 saturated heterocycles. The molecule has 5 rings (SSSR count). The molecule has 0 radical (unpaired) electrons. The Morgan fingerprint density at radius 1 is 1.03 bits per heavy atom. The lowest BCUT2D eigenvalue weighted by atomic mass is 10.1. The highest BCUT2D eigenvalue weighted by molar-refractivity contribution is 6.15. The molecule has 0 spiro atoms. The molecule has 0 atom stereocenters. The van der Waals surface area contributed by atoms with Gasteiger partial charge < -0.3 is 14.0 Å². The van der Waals surface area contributed by atoms with Gasteiger partial charge in [0.15, 0.2) is 18.1 Å². The van der Waals surface area contributed by atoms with Crippen molar-refractivity contribution in [3.8, 4) is 11.5 Å². The summed E-state index contributed by atoms with van der Waals surface area (Å²) in [6.07, 6.45) is 3.84. The molecule has 3 aromatic carbocycles. The lowest BCUT2D eigenvalue weighted by molar-refractivity contribution is 0.0920. The Labute approximate surface area is 191 Å². The highest BCUT2D eigenvalue weighted by Gasteiger charge is 2.30. The van der Waals surface area contributed by atoms with E-state index in [1.165, 1.54) is 0 Å². The van der Waals surface area contributed by atoms with E-state index in [1.54, 1.807) is 30.3 Å². The normalized spacial score (nSPS) is 13.9. The Kier molecular flexibility index (Phi) is 5.31. The summed E-state index contributed by atoms with van der Waals surface area (Å²) in [5, 5.41) is 1.07. The first-order chi connectivity index (χ1) is 16.1. The zero-order valence-corrected chi connectivity index (χ0v) is 18.5. The molecule has 5 heteroatoms. The molecule has 164 valence electrons. The molecule has 0 aliphatic carbocycles. The van der Waals surface area contributed by atoms with Gasteiger partial charge in [-0.25, -0.2) is 0 Å². The third-order valence-electron chi connectivity index (χ3n) is 5.94. The van der Waals surface area contributed by atoms with Gasteiger partial charge in [-0.05, 0) is 38.1 Å². The van der Waals surface area contributed by atoms with Crippen LogP contribution in [0.1, 0.15) is 38.8 Å². The number of Topliss-reactive ketones (excluding diaryl/α,β-unsaturated/α-hetero) is 2. The lowest BCUT2D eigenvalue weighted by Gasteiger charge is -2.11. The van der Waals surface area contributed by atoms with Gasteiger partial charge in [0.05, 0.1) is 5.56 Å². The standard InChI is InChI=1S/C28H23NO4/c1-3-29-16-20(21-11-7-8-12-23(21)29)15-26-27(31)22-13-14-25(18(2)28(22)33-26)32-17-24(30)19-9-5-4-6-10-19/h4-16H,3,17H2,1-2H3/b26-15-. The second-order valence-electron chi connectivity index (χ2n) is 7.97. The highest BCUT2D eigenvalue weighted by Crippen LogP contribution is 2.39. The molecule has 2 heterocycles. The Bertz CT molecular complexity index is 1410. The van der Waals surface area contributed by atoms with E-state index in [9.17, 15) is 9.59 Å². The van der Waals surface area contributed by atoms with Crippen molar-refractivity contribution in [3.05, 3.63) is 101 Å². The summed E-state index contributed by atoms with van der Waals surface area (Å²) in [7, 11) is 0. The topological polar surface area (TPSA) is 57.5 Å². The average Bonchev–Trinajstić information content (AvgIpc) is 3.37. The maximum atomic E-state index is 13.0. The van der Waals surface area contributed by atoms with E-state index in [2.05, 4.69) is 17.6 Å². The summed E-state index contributed by atoms with van der Waals surface area (Å²) >= 11 is 0. The molecule has 5 nitrogen and oxygen atoms in total. The van der Waals surface area contributed by atoms with Crippen LogP contribution in [-0.2, 0) is 6.54 Å². The molecule has 0 N–H and O–H groups in total. The fourth-order valence-corrected chi connectivity index (χ4v) is 4.17. The van der Waals surface area contributed by atoms with E-state index in [1.807, 2.05) is 49.5 Å². The zero-order chi connectivity index (χ0) is 22.9. The molecular formula is C28H23NO4. The maximum absolute atomic E-state index is 13.0. The molecule has 0 bridgehead atoms. The van der Waals surface area contributed by atoms with Gasteiger partial charge in [0.1, 0.15) is 11.5 Å². The summed E-state index contributed by atoms with van der Waals surface area (Å²) < 4.78 is 13.9. The minimum Gasteiger partial charge on any atom is -0.485 e. The predicted molar refractivity (Wildman–Crippen MR) is 128 cm³/mol. The number of hydrogen-bond acceptors (Lipinski definition) is 4. The fourth-order valence-electron chi connectivity index (χ4n) is 4.17. The number of carbonyl (C=O) groups excluding carboxylic acids is 2. The summed E-state index contributed by atoms with van der Waals surface area (Å²) in [6, 6.07) is 20.5. The molecule has 1 aliphatic heterocycles. The summed E-state index contributed by atoms with van der Waals surface area (Å²) in [5.74, 6) is 1.02. The summed E-state index contributed by atoms with van der Waals surface area (Å²) in [6.45, 7) is 4.67. The second-order valence-corrected chi connectivity index (χ2v) is 7.97. The number of ketones is 2. The van der Waals surface area contributed by atoms with Crippen LogP contribution in [0.5, 0.6) is 11.5 Å². The Hall–Kier alpha value is -4.12. The smallest absolute Gasteiger partial charge is 0.231 e. The number of benzene rings is 3. The molecule has 0 unspecified atom stereocenters. The fraction of sp³-hybridized carbons (Fsp3) is 0.143. The van der Waals surface area contributed by atoms with E-state index in [0.717, 1.165) is 23.0 Å². The van der Waals surface area contributed by atoms with Crippen LogP contribution >= 0.6 is 0 Å². The molecule has 33 heavy (non-hydrogen) atoms. The first-order valence-electron chi connectivity index (χ1n) is 10.9. The quantitative estimate of drug-likeness (QED) is 0.281. The number of allylic oxidation sites excluding steroid dienone is 1. The number of fused-ring (bicyclic) bond motifs is 2. The predicted octanol–water partition coefficient (Wildman–Crippen LogP) is 5.85. The molecule has 0 saturated carbocycles. The number of hydrogen-bond donors (Lipinski definition) is 0. The van der Waals surface area contributed by atoms with Crippen molar-refractivity contribution in [3.63, 3.8) is 0 Å². The minimum atomic E-state index is -0.159. The van der Waals surface area contributed by atoms with E-state index >= 15 is 0 Å². The van der Waals surface area contributed by atoms with E-state index in [0.29, 0.717) is 28.2 Å². The van der Waals surface area contributed by atoms with Gasteiger partial charge in [0, 0.05) is 40.3 Å². The Morgan fingerprint density at radius 2 is 1.79 bits per heavy atom. The molecular weight excluding hydrogens is 414 g/mol. The van der Waals surface area contributed by atoms with Gasteiger partial charge in [0.25, 0.3) is 0 Å². The van der Waals surface area contributed by atoms with Crippen LogP contribution in [0.15, 0.2) is 78.7 Å². The van der Waals surface area contributed by atoms with Crippen molar-refractivity contribution in [1.82, 2.24) is 4.57 Å². The Balaban J connectivity index is 1.41. The second kappa shape index (κ2) is 8.43. The van der Waals surface area contributed by atoms with Crippen molar-refractivity contribution in [2.75, 3.05) is 6.61 Å². The average molecular weight is 437 g/mol. The van der Waals surface area contributed by atoms with Crippen LogP contribution in [0.4, 0.5) is 0 Å². The largest absolute Gasteiger partial charge is 0.485 e. The van der Waals surface area contributed by atoms with Gasteiger partial charge >= 0.3 is 0 Å². The third-order valence-corrected chi connectivity index (χ3v) is 5.94. The van der Waals surface area contributed by atoms with Crippen molar-refractivity contribution in [2.24, 2.45) is 0 Å². The lowest BCUT2D eigenvalue weighted by Crippen LogP contribution is -2.12.